The van der Waals surface area contributed by atoms with Crippen molar-refractivity contribution in [1.82, 2.24) is 9.88 Å². The first-order chi connectivity index (χ1) is 12.6. The number of rotatable bonds is 9. The minimum Gasteiger partial charge on any atom is -0.461 e. The molecule has 1 atom stereocenters. The van der Waals surface area contributed by atoms with Crippen LogP contribution in [0, 0.1) is 5.92 Å². The van der Waals surface area contributed by atoms with Gasteiger partial charge in [0.2, 0.25) is 5.91 Å². The van der Waals surface area contributed by atoms with Crippen LogP contribution in [0.4, 0.5) is 0 Å². The molecule has 2 aromatic rings. The summed E-state index contributed by atoms with van der Waals surface area (Å²) in [5.41, 5.74) is 1.76. The fourth-order valence-electron chi connectivity index (χ4n) is 2.69. The van der Waals surface area contributed by atoms with E-state index in [0.717, 1.165) is 17.7 Å². The van der Waals surface area contributed by atoms with Crippen LogP contribution < -0.4 is 0 Å². The highest BCUT2D eigenvalue weighted by Gasteiger charge is 2.24. The molecule has 0 radical (unpaired) electrons. The Morgan fingerprint density at radius 2 is 1.85 bits per heavy atom. The number of aromatic nitrogens is 1. The minimum atomic E-state index is -0.414. The zero-order valence-corrected chi connectivity index (χ0v) is 15.4. The van der Waals surface area contributed by atoms with Crippen LogP contribution >= 0.6 is 0 Å². The molecule has 0 unspecified atom stereocenters. The summed E-state index contributed by atoms with van der Waals surface area (Å²) in [6.45, 7) is 2.66. The van der Waals surface area contributed by atoms with E-state index >= 15 is 0 Å². The van der Waals surface area contributed by atoms with E-state index in [2.05, 4.69) is 4.98 Å². The first-order valence-electron chi connectivity index (χ1n) is 8.94. The smallest absolute Gasteiger partial charge is 0.309 e. The summed E-state index contributed by atoms with van der Waals surface area (Å²) in [7, 11) is 1.73. The number of esters is 1. The Morgan fingerprint density at radius 1 is 1.12 bits per heavy atom. The number of hydrogen-bond donors (Lipinski definition) is 0. The van der Waals surface area contributed by atoms with Gasteiger partial charge < -0.3 is 9.64 Å². The van der Waals surface area contributed by atoms with Crippen molar-refractivity contribution >= 4 is 11.9 Å². The molecule has 5 nitrogen and oxygen atoms in total. The van der Waals surface area contributed by atoms with Crippen molar-refractivity contribution < 1.29 is 14.3 Å². The van der Waals surface area contributed by atoms with Crippen molar-refractivity contribution in [3.05, 3.63) is 66.0 Å². The lowest BCUT2D eigenvalue weighted by atomic mass is 9.99. The van der Waals surface area contributed by atoms with Crippen LogP contribution in [0.25, 0.3) is 0 Å². The van der Waals surface area contributed by atoms with E-state index in [1.165, 1.54) is 0 Å². The van der Waals surface area contributed by atoms with Crippen molar-refractivity contribution in [1.29, 1.82) is 0 Å². The number of carbonyl (C=O) groups is 2. The average Bonchev–Trinajstić information content (AvgIpc) is 2.67. The van der Waals surface area contributed by atoms with Gasteiger partial charge in [0.15, 0.2) is 0 Å². The predicted molar refractivity (Wildman–Crippen MR) is 100.0 cm³/mol. The van der Waals surface area contributed by atoms with Gasteiger partial charge in [0.1, 0.15) is 6.61 Å². The molecule has 138 valence electrons. The van der Waals surface area contributed by atoms with Crippen LogP contribution in [-0.4, -0.2) is 28.8 Å². The molecule has 5 heteroatoms. The normalized spacial score (nSPS) is 11.6. The SMILES string of the molecule is CCC[C@@H](CC(=O)N(C)Cc1ccccn1)C(=O)OCc1ccccc1. The van der Waals surface area contributed by atoms with Gasteiger partial charge in [-0.25, -0.2) is 0 Å². The van der Waals surface area contributed by atoms with Crippen molar-refractivity contribution in [3.8, 4) is 0 Å². The Balaban J connectivity index is 1.89. The molecule has 0 bridgehead atoms. The second-order valence-corrected chi connectivity index (χ2v) is 6.35. The molecule has 1 amide bonds. The summed E-state index contributed by atoms with van der Waals surface area (Å²) in [4.78, 5) is 30.8. The molecule has 26 heavy (non-hydrogen) atoms. The van der Waals surface area contributed by atoms with Gasteiger partial charge in [0.05, 0.1) is 18.2 Å². The second kappa shape index (κ2) is 10.3. The van der Waals surface area contributed by atoms with Crippen LogP contribution in [0.3, 0.4) is 0 Å². The Labute approximate surface area is 155 Å². The molecule has 0 N–H and O–H groups in total. The lowest BCUT2D eigenvalue weighted by molar-refractivity contribution is -0.153. The van der Waals surface area contributed by atoms with Gasteiger partial charge in [0.25, 0.3) is 0 Å². The first kappa shape index (κ1) is 19.6. The number of hydrogen-bond acceptors (Lipinski definition) is 4. The second-order valence-electron chi connectivity index (χ2n) is 6.35. The fraction of sp³-hybridized carbons (Fsp3) is 0.381. The maximum absolute atomic E-state index is 12.5. The fourth-order valence-corrected chi connectivity index (χ4v) is 2.69. The van der Waals surface area contributed by atoms with E-state index in [9.17, 15) is 9.59 Å². The molecule has 0 aliphatic carbocycles. The summed E-state index contributed by atoms with van der Waals surface area (Å²) in [5.74, 6) is -0.802. The molecule has 0 aliphatic heterocycles. The zero-order chi connectivity index (χ0) is 18.8. The molecule has 1 aromatic carbocycles. The highest BCUT2D eigenvalue weighted by atomic mass is 16.5. The summed E-state index contributed by atoms with van der Waals surface area (Å²) in [6.07, 6.45) is 3.32. The third-order valence-corrected chi connectivity index (χ3v) is 4.17. The van der Waals surface area contributed by atoms with Crippen molar-refractivity contribution in [3.63, 3.8) is 0 Å². The van der Waals surface area contributed by atoms with Gasteiger partial charge in [-0.2, -0.15) is 0 Å². The topological polar surface area (TPSA) is 59.5 Å². The molecule has 0 aliphatic rings. The van der Waals surface area contributed by atoms with Crippen LogP contribution in [0.2, 0.25) is 0 Å². The number of ether oxygens (including phenoxy) is 1. The molecule has 0 fully saturated rings. The van der Waals surface area contributed by atoms with Gasteiger partial charge in [-0.1, -0.05) is 49.7 Å². The monoisotopic (exact) mass is 354 g/mol. The molecular formula is C21H26N2O3. The highest BCUT2D eigenvalue weighted by molar-refractivity contribution is 5.82. The Hall–Kier alpha value is -2.69. The number of pyridine rings is 1. The standard InChI is InChI=1S/C21H26N2O3/c1-3-9-18(21(25)26-16-17-10-5-4-6-11-17)14-20(24)23(2)15-19-12-7-8-13-22-19/h4-8,10-13,18H,3,9,14-16H2,1-2H3/t18-/m0/s1. The molecule has 0 saturated carbocycles. The van der Waals surface area contributed by atoms with Gasteiger partial charge in [0, 0.05) is 19.7 Å². The molecular weight excluding hydrogens is 328 g/mol. The van der Waals surface area contributed by atoms with E-state index in [1.807, 2.05) is 55.5 Å². The van der Waals surface area contributed by atoms with Crippen molar-refractivity contribution in [2.45, 2.75) is 39.3 Å². The van der Waals surface area contributed by atoms with Gasteiger partial charge >= 0.3 is 5.97 Å². The average molecular weight is 354 g/mol. The highest BCUT2D eigenvalue weighted by Crippen LogP contribution is 2.17. The van der Waals surface area contributed by atoms with E-state index in [0.29, 0.717) is 13.0 Å². The number of nitrogens with zero attached hydrogens (tertiary/aromatic N) is 2. The largest absolute Gasteiger partial charge is 0.461 e. The maximum atomic E-state index is 12.5. The van der Waals surface area contributed by atoms with Gasteiger partial charge in [-0.15, -0.1) is 0 Å². The molecule has 1 aromatic heterocycles. The van der Waals surface area contributed by atoms with Crippen molar-refractivity contribution in [2.75, 3.05) is 7.05 Å². The van der Waals surface area contributed by atoms with Crippen LogP contribution in [-0.2, 0) is 27.5 Å². The minimum absolute atomic E-state index is 0.0780. The van der Waals surface area contributed by atoms with Gasteiger partial charge in [-0.05, 0) is 24.1 Å². The summed E-state index contributed by atoms with van der Waals surface area (Å²) < 4.78 is 5.42. The molecule has 1 heterocycles. The quantitative estimate of drug-likeness (QED) is 0.646. The molecule has 0 spiro atoms. The van der Waals surface area contributed by atoms with E-state index in [-0.39, 0.29) is 24.9 Å². The third kappa shape index (κ3) is 6.31. The summed E-state index contributed by atoms with van der Waals surface area (Å²) in [5, 5.41) is 0. The first-order valence-corrected chi connectivity index (χ1v) is 8.94. The number of carbonyl (C=O) groups excluding carboxylic acids is 2. The Kier molecular flexibility index (Phi) is 7.80. The maximum Gasteiger partial charge on any atom is 0.309 e. The molecule has 2 rings (SSSR count). The lowest BCUT2D eigenvalue weighted by Crippen LogP contribution is -2.31. The van der Waals surface area contributed by atoms with E-state index < -0.39 is 5.92 Å². The summed E-state index contributed by atoms with van der Waals surface area (Å²) in [6, 6.07) is 15.2. The Bertz CT molecular complexity index is 687. The lowest BCUT2D eigenvalue weighted by Gasteiger charge is -2.20. The number of benzene rings is 1. The van der Waals surface area contributed by atoms with Crippen LogP contribution in [0.5, 0.6) is 0 Å². The van der Waals surface area contributed by atoms with Crippen LogP contribution in [0.1, 0.15) is 37.4 Å². The number of amides is 1. The third-order valence-electron chi connectivity index (χ3n) is 4.17. The van der Waals surface area contributed by atoms with E-state index in [4.69, 9.17) is 4.74 Å². The molecule has 0 saturated heterocycles. The zero-order valence-electron chi connectivity index (χ0n) is 15.4. The van der Waals surface area contributed by atoms with Crippen molar-refractivity contribution in [2.24, 2.45) is 5.92 Å². The Morgan fingerprint density at radius 3 is 2.50 bits per heavy atom. The predicted octanol–water partition coefficient (Wildman–Crippen LogP) is 3.59. The van der Waals surface area contributed by atoms with Gasteiger partial charge in [-0.3, -0.25) is 14.6 Å². The van der Waals surface area contributed by atoms with Crippen LogP contribution in [0.15, 0.2) is 54.7 Å². The summed E-state index contributed by atoms with van der Waals surface area (Å²) >= 11 is 0. The van der Waals surface area contributed by atoms with E-state index in [1.54, 1.807) is 18.1 Å².